The Bertz CT molecular complexity index is 313. The lowest BCUT2D eigenvalue weighted by molar-refractivity contribution is 0.415. The normalized spacial score (nSPS) is 10.1. The molecule has 3 N–H and O–H groups in total. The predicted molar refractivity (Wildman–Crippen MR) is 70.0 cm³/mol. The number of ether oxygens (including phenoxy) is 1. The largest absolute Gasteiger partial charge is 0.497 e. The molecule has 1 rings (SSSR count). The summed E-state index contributed by atoms with van der Waals surface area (Å²) in [4.78, 5) is 0. The van der Waals surface area contributed by atoms with Gasteiger partial charge in [0.15, 0.2) is 0 Å². The fourth-order valence-electron chi connectivity index (χ4n) is 1.63. The van der Waals surface area contributed by atoms with Crippen LogP contribution in [0.4, 0.5) is 11.4 Å². The molecule has 3 nitrogen and oxygen atoms in total. The van der Waals surface area contributed by atoms with Crippen molar-refractivity contribution in [3.05, 3.63) is 18.2 Å². The summed E-state index contributed by atoms with van der Waals surface area (Å²) in [6, 6.07) is 5.72. The first-order chi connectivity index (χ1) is 7.76. The van der Waals surface area contributed by atoms with Gasteiger partial charge >= 0.3 is 0 Å². The fraction of sp³-hybridized carbons (Fsp3) is 0.538. The van der Waals surface area contributed by atoms with Crippen LogP contribution in [0.15, 0.2) is 18.2 Å². The molecule has 0 heterocycles. The van der Waals surface area contributed by atoms with E-state index in [1.165, 1.54) is 25.7 Å². The van der Waals surface area contributed by atoms with Crippen LogP contribution in [0.1, 0.15) is 32.6 Å². The third-order valence-corrected chi connectivity index (χ3v) is 2.52. The minimum atomic E-state index is 0.732. The first-order valence-electron chi connectivity index (χ1n) is 5.94. The summed E-state index contributed by atoms with van der Waals surface area (Å²) in [5.41, 5.74) is 7.53. The second-order valence-electron chi connectivity index (χ2n) is 3.98. The van der Waals surface area contributed by atoms with Crippen molar-refractivity contribution in [2.24, 2.45) is 0 Å². The van der Waals surface area contributed by atoms with E-state index < -0.39 is 0 Å². The van der Waals surface area contributed by atoms with Gasteiger partial charge in [0.25, 0.3) is 0 Å². The second-order valence-corrected chi connectivity index (χ2v) is 3.98. The second kappa shape index (κ2) is 6.99. The van der Waals surface area contributed by atoms with Crippen LogP contribution in [0.5, 0.6) is 5.75 Å². The number of nitrogen functional groups attached to an aromatic ring is 1. The number of unbranched alkanes of at least 4 members (excludes halogenated alkanes) is 3. The molecule has 0 aliphatic carbocycles. The molecule has 0 atom stereocenters. The summed E-state index contributed by atoms with van der Waals surface area (Å²) >= 11 is 0. The number of nitrogens with two attached hydrogens (primary N) is 1. The molecule has 0 bridgehead atoms. The average molecular weight is 222 g/mol. The molecule has 1 aromatic carbocycles. The molecule has 0 fully saturated rings. The van der Waals surface area contributed by atoms with Gasteiger partial charge in [0.2, 0.25) is 0 Å². The number of rotatable bonds is 7. The van der Waals surface area contributed by atoms with Gasteiger partial charge in [0.1, 0.15) is 5.75 Å². The minimum absolute atomic E-state index is 0.732. The molecule has 0 radical (unpaired) electrons. The topological polar surface area (TPSA) is 47.3 Å². The maximum absolute atomic E-state index is 5.77. The molecule has 0 amide bonds. The van der Waals surface area contributed by atoms with E-state index in [9.17, 15) is 0 Å². The zero-order valence-electron chi connectivity index (χ0n) is 10.3. The quantitative estimate of drug-likeness (QED) is 0.550. The summed E-state index contributed by atoms with van der Waals surface area (Å²) in [7, 11) is 1.65. The SMILES string of the molecule is CCCCCCNc1cc(N)cc(OC)c1. The van der Waals surface area contributed by atoms with E-state index in [-0.39, 0.29) is 0 Å². The molecule has 0 spiro atoms. The Morgan fingerprint density at radius 3 is 2.69 bits per heavy atom. The number of nitrogens with one attached hydrogen (secondary N) is 1. The molecule has 0 unspecified atom stereocenters. The van der Waals surface area contributed by atoms with Gasteiger partial charge in [-0.1, -0.05) is 26.2 Å². The van der Waals surface area contributed by atoms with E-state index in [1.807, 2.05) is 18.2 Å². The van der Waals surface area contributed by atoms with Crippen molar-refractivity contribution in [1.29, 1.82) is 0 Å². The highest BCUT2D eigenvalue weighted by Gasteiger charge is 1.98. The maximum Gasteiger partial charge on any atom is 0.122 e. The lowest BCUT2D eigenvalue weighted by Crippen LogP contribution is -2.02. The Hall–Kier alpha value is -1.38. The van der Waals surface area contributed by atoms with Gasteiger partial charge in [-0.3, -0.25) is 0 Å². The van der Waals surface area contributed by atoms with Crippen molar-refractivity contribution in [3.8, 4) is 5.75 Å². The average Bonchev–Trinajstić information content (AvgIpc) is 2.28. The number of hydrogen-bond acceptors (Lipinski definition) is 3. The molecular formula is C13H22N2O. The van der Waals surface area contributed by atoms with Gasteiger partial charge in [-0.2, -0.15) is 0 Å². The van der Waals surface area contributed by atoms with Crippen molar-refractivity contribution in [1.82, 2.24) is 0 Å². The molecule has 0 aliphatic heterocycles. The number of methoxy groups -OCH3 is 1. The van der Waals surface area contributed by atoms with E-state index >= 15 is 0 Å². The first kappa shape index (κ1) is 12.7. The van der Waals surface area contributed by atoms with Gasteiger partial charge in [0, 0.05) is 30.1 Å². The molecular weight excluding hydrogens is 200 g/mol. The Morgan fingerprint density at radius 1 is 1.19 bits per heavy atom. The highest BCUT2D eigenvalue weighted by Crippen LogP contribution is 2.22. The lowest BCUT2D eigenvalue weighted by atomic mass is 10.2. The molecule has 90 valence electrons. The van der Waals surface area contributed by atoms with Crippen molar-refractivity contribution >= 4 is 11.4 Å². The van der Waals surface area contributed by atoms with Crippen LogP contribution >= 0.6 is 0 Å². The van der Waals surface area contributed by atoms with Crippen molar-refractivity contribution < 1.29 is 4.74 Å². The van der Waals surface area contributed by atoms with Crippen LogP contribution in [0.25, 0.3) is 0 Å². The van der Waals surface area contributed by atoms with Crippen molar-refractivity contribution in [3.63, 3.8) is 0 Å². The molecule has 1 aromatic rings. The Labute approximate surface area is 98.0 Å². The van der Waals surface area contributed by atoms with Gasteiger partial charge in [-0.05, 0) is 12.5 Å². The van der Waals surface area contributed by atoms with E-state index in [0.717, 1.165) is 23.7 Å². The highest BCUT2D eigenvalue weighted by atomic mass is 16.5. The number of benzene rings is 1. The van der Waals surface area contributed by atoms with E-state index in [4.69, 9.17) is 10.5 Å². The molecule has 0 aliphatic rings. The predicted octanol–water partition coefficient (Wildman–Crippen LogP) is 3.27. The van der Waals surface area contributed by atoms with Crippen LogP contribution in [-0.4, -0.2) is 13.7 Å². The van der Waals surface area contributed by atoms with Crippen LogP contribution in [0, 0.1) is 0 Å². The number of anilines is 2. The molecule has 0 aromatic heterocycles. The highest BCUT2D eigenvalue weighted by molar-refractivity contribution is 5.59. The Kier molecular flexibility index (Phi) is 5.54. The van der Waals surface area contributed by atoms with E-state index in [2.05, 4.69) is 12.2 Å². The van der Waals surface area contributed by atoms with Gasteiger partial charge in [-0.15, -0.1) is 0 Å². The third kappa shape index (κ3) is 4.43. The van der Waals surface area contributed by atoms with Gasteiger partial charge in [-0.25, -0.2) is 0 Å². The van der Waals surface area contributed by atoms with Crippen LogP contribution in [0.3, 0.4) is 0 Å². The zero-order valence-corrected chi connectivity index (χ0v) is 10.3. The fourth-order valence-corrected chi connectivity index (χ4v) is 1.63. The van der Waals surface area contributed by atoms with Crippen molar-refractivity contribution in [2.75, 3.05) is 24.7 Å². The van der Waals surface area contributed by atoms with Gasteiger partial charge < -0.3 is 15.8 Å². The number of hydrogen-bond donors (Lipinski definition) is 2. The Morgan fingerprint density at radius 2 is 2.00 bits per heavy atom. The third-order valence-electron chi connectivity index (χ3n) is 2.52. The zero-order chi connectivity index (χ0) is 11.8. The standard InChI is InChI=1S/C13H22N2O/c1-3-4-5-6-7-15-12-8-11(14)9-13(10-12)16-2/h8-10,15H,3-7,14H2,1-2H3. The summed E-state index contributed by atoms with van der Waals surface area (Å²) in [6.45, 7) is 3.21. The smallest absolute Gasteiger partial charge is 0.122 e. The lowest BCUT2D eigenvalue weighted by Gasteiger charge is -2.09. The van der Waals surface area contributed by atoms with Gasteiger partial charge in [0.05, 0.1) is 7.11 Å². The summed E-state index contributed by atoms with van der Waals surface area (Å²) in [5.74, 6) is 0.802. The van der Waals surface area contributed by atoms with Crippen LogP contribution < -0.4 is 15.8 Å². The Balaban J connectivity index is 2.38. The summed E-state index contributed by atoms with van der Waals surface area (Å²) < 4.78 is 5.16. The monoisotopic (exact) mass is 222 g/mol. The van der Waals surface area contributed by atoms with E-state index in [1.54, 1.807) is 7.11 Å². The minimum Gasteiger partial charge on any atom is -0.497 e. The first-order valence-corrected chi connectivity index (χ1v) is 5.94. The summed E-state index contributed by atoms with van der Waals surface area (Å²) in [5, 5.41) is 3.36. The van der Waals surface area contributed by atoms with Crippen LogP contribution in [-0.2, 0) is 0 Å². The molecule has 0 saturated heterocycles. The summed E-state index contributed by atoms with van der Waals surface area (Å²) in [6.07, 6.45) is 5.06. The van der Waals surface area contributed by atoms with E-state index in [0.29, 0.717) is 0 Å². The molecule has 0 saturated carbocycles. The van der Waals surface area contributed by atoms with Crippen LogP contribution in [0.2, 0.25) is 0 Å². The molecule has 16 heavy (non-hydrogen) atoms. The molecule has 3 heteroatoms. The van der Waals surface area contributed by atoms with Crippen molar-refractivity contribution in [2.45, 2.75) is 32.6 Å². The maximum atomic E-state index is 5.77.